The summed E-state index contributed by atoms with van der Waals surface area (Å²) < 4.78 is 41.8. The van der Waals surface area contributed by atoms with E-state index in [0.29, 0.717) is 23.9 Å². The molecule has 0 spiro atoms. The third kappa shape index (κ3) is 21.1. The SMILES string of the molecule is CCOC(=O)CCSP(=S)(OC(C)CSP(=S)(OC(C)C)OC(C)C)OC(C)CSP(=S)(OC(C)C)OC(C)C. The molecule has 0 aromatic rings. The minimum absolute atomic E-state index is 0.0577. The van der Waals surface area contributed by atoms with Crippen LogP contribution in [0.4, 0.5) is 0 Å². The van der Waals surface area contributed by atoms with Crippen LogP contribution < -0.4 is 0 Å². The van der Waals surface area contributed by atoms with Crippen molar-refractivity contribution in [3.05, 3.63) is 0 Å². The van der Waals surface area contributed by atoms with E-state index in [-0.39, 0.29) is 49.0 Å². The maximum Gasteiger partial charge on any atom is 0.306 e. The monoisotopic (exact) mass is 738 g/mol. The van der Waals surface area contributed by atoms with E-state index in [4.69, 9.17) is 67.3 Å². The standard InChI is InChI=1S/C23H49O8P3S6/c1-12-25-23(24)13-14-38-34(37,30-21(10)15-39-32(35,26-17(2)3)27-18(4)5)31-22(11)16-40-33(36,28-19(6)7)29-20(8)9/h17-22H,12-16H2,1-11H3. The molecule has 0 aromatic carbocycles. The van der Waals surface area contributed by atoms with Gasteiger partial charge in [-0.3, -0.25) is 4.79 Å². The lowest BCUT2D eigenvalue weighted by Crippen LogP contribution is -2.16. The van der Waals surface area contributed by atoms with Crippen molar-refractivity contribution in [1.29, 1.82) is 0 Å². The zero-order valence-corrected chi connectivity index (χ0v) is 33.1. The topological polar surface area (TPSA) is 81.7 Å². The van der Waals surface area contributed by atoms with Gasteiger partial charge in [0.25, 0.3) is 0 Å². The molecule has 40 heavy (non-hydrogen) atoms. The quantitative estimate of drug-likeness (QED) is 0.0738. The second-order valence-electron chi connectivity index (χ2n) is 9.77. The van der Waals surface area contributed by atoms with Crippen molar-refractivity contribution in [1.82, 2.24) is 0 Å². The highest BCUT2D eigenvalue weighted by molar-refractivity contribution is 8.68. The summed E-state index contributed by atoms with van der Waals surface area (Å²) in [5.74, 6) is 1.18. The summed E-state index contributed by atoms with van der Waals surface area (Å²) in [6.45, 7) is 21.5. The van der Waals surface area contributed by atoms with Crippen LogP contribution in [0.25, 0.3) is 0 Å². The predicted octanol–water partition coefficient (Wildman–Crippen LogP) is 9.32. The van der Waals surface area contributed by atoms with Gasteiger partial charge in [-0.2, -0.15) is 0 Å². The first-order valence-electron chi connectivity index (χ1n) is 13.3. The molecule has 240 valence electrons. The van der Waals surface area contributed by atoms with E-state index in [2.05, 4.69) is 0 Å². The van der Waals surface area contributed by atoms with Crippen LogP contribution >= 0.6 is 51.2 Å². The van der Waals surface area contributed by atoms with Gasteiger partial charge < -0.3 is 31.9 Å². The fraction of sp³-hybridized carbons (Fsp3) is 0.957. The zero-order chi connectivity index (χ0) is 31.1. The largest absolute Gasteiger partial charge is 0.466 e. The Labute approximate surface area is 270 Å². The fourth-order valence-corrected chi connectivity index (χ4v) is 19.9. The molecule has 0 bridgehead atoms. The second-order valence-corrected chi connectivity index (χ2v) is 28.6. The molecule has 0 saturated carbocycles. The number of carbonyl (C=O) groups is 1. The Morgan fingerprint density at radius 1 is 0.600 bits per heavy atom. The molecule has 0 N–H and O–H groups in total. The molecule has 0 aliphatic rings. The van der Waals surface area contributed by atoms with Crippen LogP contribution in [0.1, 0.15) is 82.6 Å². The van der Waals surface area contributed by atoms with Gasteiger partial charge in [0, 0.05) is 17.3 Å². The van der Waals surface area contributed by atoms with Gasteiger partial charge in [-0.1, -0.05) is 34.1 Å². The Balaban J connectivity index is 5.52. The summed E-state index contributed by atoms with van der Waals surface area (Å²) in [5.41, 5.74) is -8.02. The van der Waals surface area contributed by atoms with Crippen LogP contribution in [0.3, 0.4) is 0 Å². The Morgan fingerprint density at radius 2 is 0.925 bits per heavy atom. The van der Waals surface area contributed by atoms with Crippen molar-refractivity contribution in [2.75, 3.05) is 23.9 Å². The number of rotatable bonds is 23. The van der Waals surface area contributed by atoms with Crippen molar-refractivity contribution in [3.63, 3.8) is 0 Å². The molecule has 17 heteroatoms. The van der Waals surface area contributed by atoms with E-state index in [1.165, 1.54) is 34.1 Å². The average Bonchev–Trinajstić information content (AvgIpc) is 2.74. The van der Waals surface area contributed by atoms with Gasteiger partial charge in [0.2, 0.25) is 17.1 Å². The Morgan fingerprint density at radius 3 is 1.23 bits per heavy atom. The lowest BCUT2D eigenvalue weighted by atomic mass is 10.5. The second kappa shape index (κ2) is 21.1. The van der Waals surface area contributed by atoms with Gasteiger partial charge in [-0.25, -0.2) is 0 Å². The molecule has 0 amide bonds. The molecule has 2 unspecified atom stereocenters. The fourth-order valence-electron chi connectivity index (χ4n) is 2.66. The molecule has 0 saturated heterocycles. The molecular formula is C23H49O8P3S6. The molecular weight excluding hydrogens is 690 g/mol. The Kier molecular flexibility index (Phi) is 22.3. The van der Waals surface area contributed by atoms with Crippen LogP contribution in [0, 0.1) is 0 Å². The molecule has 0 rings (SSSR count). The number of hydrogen-bond donors (Lipinski definition) is 0. The van der Waals surface area contributed by atoms with E-state index < -0.39 is 17.1 Å². The summed E-state index contributed by atoms with van der Waals surface area (Å²) in [6, 6.07) is 0. The first-order valence-corrected chi connectivity index (χ1v) is 26.0. The molecule has 0 aliphatic heterocycles. The van der Waals surface area contributed by atoms with Crippen molar-refractivity contribution in [2.45, 2.75) is 119 Å². The summed E-state index contributed by atoms with van der Waals surface area (Å²) >= 11 is 21.8. The van der Waals surface area contributed by atoms with Crippen molar-refractivity contribution < 1.29 is 36.7 Å². The van der Waals surface area contributed by atoms with E-state index in [9.17, 15) is 4.79 Å². The van der Waals surface area contributed by atoms with Crippen LogP contribution in [0.5, 0.6) is 0 Å². The minimum atomic E-state index is -2.87. The third-order valence-corrected chi connectivity index (χ3v) is 20.5. The average molecular weight is 739 g/mol. The highest BCUT2D eigenvalue weighted by Crippen LogP contribution is 2.67. The normalized spacial score (nSPS) is 16.1. The Hall–Kier alpha value is 2.23. The summed E-state index contributed by atoms with van der Waals surface area (Å²) in [4.78, 5) is 11.9. The van der Waals surface area contributed by atoms with E-state index in [1.807, 2.05) is 69.2 Å². The molecule has 0 radical (unpaired) electrons. The number of ether oxygens (including phenoxy) is 1. The molecule has 0 heterocycles. The third-order valence-electron chi connectivity index (χ3n) is 3.77. The molecule has 0 fully saturated rings. The molecule has 8 nitrogen and oxygen atoms in total. The van der Waals surface area contributed by atoms with Gasteiger partial charge in [-0.05, 0) is 112 Å². The molecule has 0 aliphatic carbocycles. The highest BCUT2D eigenvalue weighted by atomic mass is 32.9. The number of hydrogen-bond acceptors (Lipinski definition) is 14. The van der Waals surface area contributed by atoms with Crippen molar-refractivity contribution in [3.8, 4) is 0 Å². The lowest BCUT2D eigenvalue weighted by Gasteiger charge is -2.31. The minimum Gasteiger partial charge on any atom is -0.466 e. The molecule has 0 aromatic heterocycles. The predicted molar refractivity (Wildman–Crippen MR) is 187 cm³/mol. The van der Waals surface area contributed by atoms with Crippen molar-refractivity contribution in [2.24, 2.45) is 0 Å². The zero-order valence-electron chi connectivity index (χ0n) is 25.6. The maximum absolute atomic E-state index is 11.9. The van der Waals surface area contributed by atoms with Gasteiger partial charge in [-0.15, -0.1) is 0 Å². The van der Waals surface area contributed by atoms with Crippen molar-refractivity contribution >= 4 is 92.6 Å². The molecule has 2 atom stereocenters. The van der Waals surface area contributed by atoms with E-state index >= 15 is 0 Å². The van der Waals surface area contributed by atoms with Crippen LogP contribution in [-0.2, 0) is 72.1 Å². The summed E-state index contributed by atoms with van der Waals surface area (Å²) in [6.07, 6.45) is -0.602. The van der Waals surface area contributed by atoms with Crippen LogP contribution in [0.2, 0.25) is 0 Å². The smallest absolute Gasteiger partial charge is 0.306 e. The Bertz CT molecular complexity index is 796. The van der Waals surface area contributed by atoms with Crippen LogP contribution in [-0.4, -0.2) is 66.5 Å². The van der Waals surface area contributed by atoms with Gasteiger partial charge in [0.1, 0.15) is 0 Å². The van der Waals surface area contributed by atoms with Gasteiger partial charge >= 0.3 is 5.97 Å². The van der Waals surface area contributed by atoms with Gasteiger partial charge in [0.15, 0.2) is 0 Å². The lowest BCUT2D eigenvalue weighted by molar-refractivity contribution is -0.142. The maximum atomic E-state index is 11.9. The van der Waals surface area contributed by atoms with Gasteiger partial charge in [0.05, 0.1) is 49.7 Å². The number of carbonyl (C=O) groups excluding carboxylic acids is 1. The van der Waals surface area contributed by atoms with E-state index in [0.717, 1.165) is 0 Å². The highest BCUT2D eigenvalue weighted by Gasteiger charge is 2.31. The summed E-state index contributed by atoms with van der Waals surface area (Å²) in [7, 11) is 0. The van der Waals surface area contributed by atoms with E-state index in [1.54, 1.807) is 6.92 Å². The first kappa shape index (κ1) is 42.2. The number of esters is 1. The summed E-state index contributed by atoms with van der Waals surface area (Å²) in [5, 5.41) is 0. The first-order chi connectivity index (χ1) is 18.3. The van der Waals surface area contributed by atoms with Crippen LogP contribution in [0.15, 0.2) is 0 Å².